The van der Waals surface area contributed by atoms with E-state index in [-0.39, 0.29) is 0 Å². The van der Waals surface area contributed by atoms with E-state index in [0.29, 0.717) is 5.75 Å². The molecular formula is C11H12O. The number of aryl methyl sites for hydroxylation is 2. The molecule has 1 N–H and O–H groups in total. The normalized spacial score (nSPS) is 9.33. The van der Waals surface area contributed by atoms with Crippen LogP contribution in [-0.4, -0.2) is 5.11 Å². The Kier molecular flexibility index (Phi) is 2.76. The van der Waals surface area contributed by atoms with Crippen LogP contribution < -0.4 is 0 Å². The van der Waals surface area contributed by atoms with Gasteiger partial charge in [-0.1, -0.05) is 6.07 Å². The number of terminal acetylenes is 1. The summed E-state index contributed by atoms with van der Waals surface area (Å²) >= 11 is 0. The van der Waals surface area contributed by atoms with Gasteiger partial charge in [-0.25, -0.2) is 0 Å². The fourth-order valence-corrected chi connectivity index (χ4v) is 1.13. The van der Waals surface area contributed by atoms with Gasteiger partial charge in [0.25, 0.3) is 0 Å². The summed E-state index contributed by atoms with van der Waals surface area (Å²) in [4.78, 5) is 0. The van der Waals surface area contributed by atoms with Crippen molar-refractivity contribution in [3.8, 4) is 18.1 Å². The number of aromatic hydroxyl groups is 1. The Morgan fingerprint density at radius 1 is 1.50 bits per heavy atom. The maximum absolute atomic E-state index is 9.19. The van der Waals surface area contributed by atoms with Crippen molar-refractivity contribution in [1.82, 2.24) is 0 Å². The third-order valence-corrected chi connectivity index (χ3v) is 1.87. The van der Waals surface area contributed by atoms with Crippen LogP contribution in [0.15, 0.2) is 18.2 Å². The van der Waals surface area contributed by atoms with E-state index in [1.165, 1.54) is 5.56 Å². The molecule has 1 heteroatoms. The summed E-state index contributed by atoms with van der Waals surface area (Å²) in [7, 11) is 0. The summed E-state index contributed by atoms with van der Waals surface area (Å²) in [5, 5.41) is 9.19. The summed E-state index contributed by atoms with van der Waals surface area (Å²) < 4.78 is 0. The Hall–Kier alpha value is -1.42. The molecule has 0 heterocycles. The summed E-state index contributed by atoms with van der Waals surface area (Å²) in [5.41, 5.74) is 2.32. The molecule has 62 valence electrons. The lowest BCUT2D eigenvalue weighted by Gasteiger charge is -2.03. The zero-order chi connectivity index (χ0) is 8.97. The third kappa shape index (κ3) is 2.03. The molecule has 1 nitrogen and oxygen atoms in total. The predicted molar refractivity (Wildman–Crippen MR) is 50.0 cm³/mol. The second-order valence-electron chi connectivity index (χ2n) is 2.81. The molecule has 0 spiro atoms. The second kappa shape index (κ2) is 3.82. The summed E-state index contributed by atoms with van der Waals surface area (Å²) in [5.74, 6) is 2.89. The number of hydrogen-bond acceptors (Lipinski definition) is 1. The van der Waals surface area contributed by atoms with Crippen molar-refractivity contribution in [3.05, 3.63) is 29.3 Å². The van der Waals surface area contributed by atoms with Crippen LogP contribution in [0.25, 0.3) is 0 Å². The number of phenols is 1. The molecule has 1 aromatic carbocycles. The van der Waals surface area contributed by atoms with Crippen molar-refractivity contribution in [3.63, 3.8) is 0 Å². The van der Waals surface area contributed by atoms with Crippen LogP contribution in [0, 0.1) is 19.3 Å². The molecule has 0 aromatic heterocycles. The highest BCUT2D eigenvalue weighted by atomic mass is 16.3. The minimum Gasteiger partial charge on any atom is -0.508 e. The van der Waals surface area contributed by atoms with Crippen LogP contribution in [0.4, 0.5) is 0 Å². The van der Waals surface area contributed by atoms with Gasteiger partial charge >= 0.3 is 0 Å². The molecule has 0 aliphatic carbocycles. The maximum Gasteiger partial charge on any atom is 0.115 e. The van der Waals surface area contributed by atoms with E-state index in [1.54, 1.807) is 12.1 Å². The first kappa shape index (κ1) is 8.67. The van der Waals surface area contributed by atoms with Gasteiger partial charge in [0, 0.05) is 6.42 Å². The van der Waals surface area contributed by atoms with E-state index >= 15 is 0 Å². The van der Waals surface area contributed by atoms with E-state index < -0.39 is 0 Å². The van der Waals surface area contributed by atoms with Crippen LogP contribution in [0.2, 0.25) is 0 Å². The van der Waals surface area contributed by atoms with Gasteiger partial charge in [-0.05, 0) is 36.6 Å². The molecule has 0 radical (unpaired) electrons. The number of benzene rings is 1. The maximum atomic E-state index is 9.19. The lowest BCUT2D eigenvalue weighted by Crippen LogP contribution is -1.87. The Bertz CT molecular complexity index is 307. The van der Waals surface area contributed by atoms with E-state index in [4.69, 9.17) is 6.42 Å². The quantitative estimate of drug-likeness (QED) is 0.658. The van der Waals surface area contributed by atoms with E-state index in [2.05, 4.69) is 5.92 Å². The molecule has 0 aliphatic rings. The van der Waals surface area contributed by atoms with Crippen molar-refractivity contribution in [2.75, 3.05) is 0 Å². The molecule has 0 saturated carbocycles. The molecule has 0 atom stereocenters. The molecule has 0 bridgehead atoms. The van der Waals surface area contributed by atoms with Gasteiger partial charge in [-0.2, -0.15) is 0 Å². The van der Waals surface area contributed by atoms with Gasteiger partial charge in [0.2, 0.25) is 0 Å². The van der Waals surface area contributed by atoms with Crippen LogP contribution in [-0.2, 0) is 6.42 Å². The molecule has 12 heavy (non-hydrogen) atoms. The van der Waals surface area contributed by atoms with Crippen LogP contribution >= 0.6 is 0 Å². The van der Waals surface area contributed by atoms with Crippen molar-refractivity contribution in [1.29, 1.82) is 0 Å². The topological polar surface area (TPSA) is 20.2 Å². The van der Waals surface area contributed by atoms with Gasteiger partial charge in [0.15, 0.2) is 0 Å². The van der Waals surface area contributed by atoms with E-state index in [1.807, 2.05) is 13.0 Å². The number of rotatable bonds is 2. The minimum absolute atomic E-state index is 0.313. The molecule has 0 amide bonds. The molecule has 0 unspecified atom stereocenters. The van der Waals surface area contributed by atoms with Crippen LogP contribution in [0.5, 0.6) is 5.75 Å². The first-order chi connectivity index (χ1) is 5.74. The van der Waals surface area contributed by atoms with Gasteiger partial charge < -0.3 is 5.11 Å². The molecule has 1 aromatic rings. The smallest absolute Gasteiger partial charge is 0.115 e. The molecular weight excluding hydrogens is 148 g/mol. The summed E-state index contributed by atoms with van der Waals surface area (Å²) in [6.07, 6.45) is 6.72. The lowest BCUT2D eigenvalue weighted by atomic mass is 10.0. The predicted octanol–water partition coefficient (Wildman–Crippen LogP) is 2.27. The highest BCUT2D eigenvalue weighted by Crippen LogP contribution is 2.16. The fraction of sp³-hybridized carbons (Fsp3) is 0.273. The molecule has 0 saturated heterocycles. The summed E-state index contributed by atoms with van der Waals surface area (Å²) in [6, 6.07) is 5.36. The lowest BCUT2D eigenvalue weighted by molar-refractivity contribution is 0.474. The highest BCUT2D eigenvalue weighted by molar-refractivity contribution is 5.34. The first-order valence-electron chi connectivity index (χ1n) is 3.96. The minimum atomic E-state index is 0.313. The number of phenolic OH excluding ortho intramolecular Hbond substituents is 1. The second-order valence-corrected chi connectivity index (χ2v) is 2.81. The Morgan fingerprint density at radius 2 is 2.25 bits per heavy atom. The fourth-order valence-electron chi connectivity index (χ4n) is 1.13. The average Bonchev–Trinajstić information content (AvgIpc) is 2.07. The molecule has 0 aliphatic heterocycles. The monoisotopic (exact) mass is 160 g/mol. The van der Waals surface area contributed by atoms with Gasteiger partial charge in [0.1, 0.15) is 5.75 Å². The standard InChI is InChI=1S/C11H12O/c1-3-4-5-10-8-11(12)7-6-9(10)2/h1,6-8,12H,4-5H2,2H3. The van der Waals surface area contributed by atoms with Crippen LogP contribution in [0.1, 0.15) is 17.5 Å². The Labute approximate surface area is 73.0 Å². The van der Waals surface area contributed by atoms with Crippen molar-refractivity contribution in [2.24, 2.45) is 0 Å². The average molecular weight is 160 g/mol. The van der Waals surface area contributed by atoms with Crippen molar-refractivity contribution in [2.45, 2.75) is 19.8 Å². The van der Waals surface area contributed by atoms with Crippen molar-refractivity contribution >= 4 is 0 Å². The van der Waals surface area contributed by atoms with Gasteiger partial charge in [-0.3, -0.25) is 0 Å². The van der Waals surface area contributed by atoms with E-state index in [9.17, 15) is 5.11 Å². The molecule has 0 fully saturated rings. The van der Waals surface area contributed by atoms with E-state index in [0.717, 1.165) is 18.4 Å². The molecule has 1 rings (SSSR count). The summed E-state index contributed by atoms with van der Waals surface area (Å²) in [6.45, 7) is 2.02. The van der Waals surface area contributed by atoms with Crippen molar-refractivity contribution < 1.29 is 5.11 Å². The third-order valence-electron chi connectivity index (χ3n) is 1.87. The zero-order valence-electron chi connectivity index (χ0n) is 7.17. The zero-order valence-corrected chi connectivity index (χ0v) is 7.17. The highest BCUT2D eigenvalue weighted by Gasteiger charge is 1.97. The Morgan fingerprint density at radius 3 is 2.92 bits per heavy atom. The Balaban J connectivity index is 2.84. The SMILES string of the molecule is C#CCCc1cc(O)ccc1C. The van der Waals surface area contributed by atoms with Gasteiger partial charge in [0.05, 0.1) is 0 Å². The largest absolute Gasteiger partial charge is 0.508 e. The van der Waals surface area contributed by atoms with Crippen LogP contribution in [0.3, 0.4) is 0 Å². The first-order valence-corrected chi connectivity index (χ1v) is 3.96. The van der Waals surface area contributed by atoms with Gasteiger partial charge in [-0.15, -0.1) is 12.3 Å². The number of hydrogen-bond donors (Lipinski definition) is 1.